The molecule has 2 rings (SSSR count). The summed E-state index contributed by atoms with van der Waals surface area (Å²) in [7, 11) is 0. The van der Waals surface area contributed by atoms with Crippen LogP contribution in [0.5, 0.6) is 0 Å². The molecule has 1 atom stereocenters. The molecular formula is C13H16N2O2S. The fourth-order valence-electron chi connectivity index (χ4n) is 1.93. The summed E-state index contributed by atoms with van der Waals surface area (Å²) in [5.74, 6) is 0.545. The number of nitrogens with two attached hydrogens (primary N) is 1. The number of carbonyl (C=O) groups is 2. The Labute approximate surface area is 111 Å². The van der Waals surface area contributed by atoms with E-state index in [0.29, 0.717) is 25.3 Å². The van der Waals surface area contributed by atoms with E-state index >= 15 is 0 Å². The van der Waals surface area contributed by atoms with Gasteiger partial charge in [0.25, 0.3) is 0 Å². The number of thioether (sulfide) groups is 1. The number of carbonyl (C=O) groups excluding carboxylic acids is 2. The van der Waals surface area contributed by atoms with Crippen molar-refractivity contribution in [3.63, 3.8) is 0 Å². The maximum absolute atomic E-state index is 12.1. The van der Waals surface area contributed by atoms with Crippen molar-refractivity contribution in [3.8, 4) is 0 Å². The predicted octanol–water partition coefficient (Wildman–Crippen LogP) is 1.01. The zero-order valence-electron chi connectivity index (χ0n) is 10.0. The van der Waals surface area contributed by atoms with Crippen molar-refractivity contribution in [1.29, 1.82) is 0 Å². The monoisotopic (exact) mass is 264 g/mol. The number of rotatable bonds is 5. The van der Waals surface area contributed by atoms with Crippen LogP contribution in [0.2, 0.25) is 0 Å². The summed E-state index contributed by atoms with van der Waals surface area (Å²) in [6, 6.07) is 9.56. The lowest BCUT2D eigenvalue weighted by Crippen LogP contribution is -2.30. The van der Waals surface area contributed by atoms with Crippen LogP contribution in [0.1, 0.15) is 12.0 Å². The first-order chi connectivity index (χ1) is 8.72. The molecular weight excluding hydrogens is 248 g/mol. The van der Waals surface area contributed by atoms with Crippen LogP contribution in [-0.4, -0.2) is 34.3 Å². The van der Waals surface area contributed by atoms with Gasteiger partial charge in [0.15, 0.2) is 0 Å². The Bertz CT molecular complexity index is 436. The third-order valence-corrected chi connectivity index (χ3v) is 4.07. The van der Waals surface area contributed by atoms with Gasteiger partial charge in [-0.2, -0.15) is 0 Å². The molecule has 1 unspecified atom stereocenters. The second-order valence-corrected chi connectivity index (χ2v) is 5.47. The zero-order valence-corrected chi connectivity index (χ0v) is 10.9. The normalized spacial score (nSPS) is 19.6. The summed E-state index contributed by atoms with van der Waals surface area (Å²) in [6.07, 6.45) is 0.302. The topological polar surface area (TPSA) is 63.4 Å². The Morgan fingerprint density at radius 3 is 2.67 bits per heavy atom. The number of imide groups is 1. The Kier molecular flexibility index (Phi) is 4.38. The van der Waals surface area contributed by atoms with E-state index in [2.05, 4.69) is 0 Å². The molecule has 1 aromatic carbocycles. The van der Waals surface area contributed by atoms with Crippen molar-refractivity contribution in [1.82, 2.24) is 4.90 Å². The van der Waals surface area contributed by atoms with Crippen LogP contribution in [0, 0.1) is 0 Å². The highest BCUT2D eigenvalue weighted by molar-refractivity contribution is 8.00. The number of hydrogen-bond donors (Lipinski definition) is 1. The number of hydrogen-bond acceptors (Lipinski definition) is 4. The molecule has 1 aromatic rings. The van der Waals surface area contributed by atoms with Crippen LogP contribution >= 0.6 is 11.8 Å². The van der Waals surface area contributed by atoms with Gasteiger partial charge in [0, 0.05) is 18.7 Å². The van der Waals surface area contributed by atoms with Gasteiger partial charge in [0.05, 0.1) is 11.8 Å². The third-order valence-electron chi connectivity index (χ3n) is 2.82. The third kappa shape index (κ3) is 2.91. The summed E-state index contributed by atoms with van der Waals surface area (Å²) in [5.41, 5.74) is 6.39. The smallest absolute Gasteiger partial charge is 0.243 e. The van der Waals surface area contributed by atoms with Gasteiger partial charge in [-0.3, -0.25) is 14.5 Å². The molecule has 4 nitrogen and oxygen atoms in total. The average molecular weight is 264 g/mol. The molecule has 0 aromatic heterocycles. The molecule has 1 saturated heterocycles. The SMILES string of the molecule is NCCSC1CC(=O)N(Cc2ccccc2)C1=O. The Balaban J connectivity index is 2.01. The first-order valence-corrected chi connectivity index (χ1v) is 6.97. The lowest BCUT2D eigenvalue weighted by Gasteiger charge is -2.14. The highest BCUT2D eigenvalue weighted by atomic mass is 32.2. The number of benzene rings is 1. The van der Waals surface area contributed by atoms with Gasteiger partial charge in [-0.1, -0.05) is 30.3 Å². The average Bonchev–Trinajstić information content (AvgIpc) is 2.65. The minimum absolute atomic E-state index is 0.0812. The van der Waals surface area contributed by atoms with Crippen LogP contribution in [-0.2, 0) is 16.1 Å². The molecule has 1 fully saturated rings. The van der Waals surface area contributed by atoms with Gasteiger partial charge >= 0.3 is 0 Å². The lowest BCUT2D eigenvalue weighted by atomic mass is 10.2. The molecule has 5 heteroatoms. The molecule has 0 saturated carbocycles. The van der Waals surface area contributed by atoms with Crippen molar-refractivity contribution in [2.75, 3.05) is 12.3 Å². The second-order valence-electron chi connectivity index (χ2n) is 4.16. The molecule has 0 radical (unpaired) electrons. The fraction of sp³-hybridized carbons (Fsp3) is 0.385. The Hall–Kier alpha value is -1.33. The van der Waals surface area contributed by atoms with Crippen molar-refractivity contribution in [2.24, 2.45) is 5.73 Å². The molecule has 96 valence electrons. The largest absolute Gasteiger partial charge is 0.330 e. The predicted molar refractivity (Wildman–Crippen MR) is 71.9 cm³/mol. The van der Waals surface area contributed by atoms with Crippen LogP contribution in [0.4, 0.5) is 0 Å². The van der Waals surface area contributed by atoms with E-state index in [1.165, 1.54) is 16.7 Å². The van der Waals surface area contributed by atoms with Crippen molar-refractivity contribution in [2.45, 2.75) is 18.2 Å². The van der Waals surface area contributed by atoms with Gasteiger partial charge in [-0.25, -0.2) is 0 Å². The van der Waals surface area contributed by atoms with Crippen molar-refractivity contribution in [3.05, 3.63) is 35.9 Å². The fourth-order valence-corrected chi connectivity index (χ4v) is 2.88. The molecule has 2 N–H and O–H groups in total. The molecule has 1 heterocycles. The minimum atomic E-state index is -0.246. The van der Waals surface area contributed by atoms with Crippen molar-refractivity contribution >= 4 is 23.6 Å². The van der Waals surface area contributed by atoms with Gasteiger partial charge in [0.1, 0.15) is 0 Å². The molecule has 1 aliphatic rings. The number of amides is 2. The molecule has 0 bridgehead atoms. The first-order valence-electron chi connectivity index (χ1n) is 5.92. The molecule has 0 aliphatic carbocycles. The van der Waals surface area contributed by atoms with Gasteiger partial charge in [-0.05, 0) is 5.56 Å². The van der Waals surface area contributed by atoms with Crippen molar-refractivity contribution < 1.29 is 9.59 Å². The van der Waals surface area contributed by atoms with Gasteiger partial charge in [-0.15, -0.1) is 11.8 Å². The Morgan fingerprint density at radius 1 is 1.28 bits per heavy atom. The summed E-state index contributed by atoms with van der Waals surface area (Å²) in [5, 5.41) is -0.246. The summed E-state index contributed by atoms with van der Waals surface area (Å²) in [4.78, 5) is 25.2. The lowest BCUT2D eigenvalue weighted by molar-refractivity contribution is -0.138. The van der Waals surface area contributed by atoms with E-state index in [4.69, 9.17) is 5.73 Å². The highest BCUT2D eigenvalue weighted by Gasteiger charge is 2.38. The minimum Gasteiger partial charge on any atom is -0.330 e. The first kappa shape index (κ1) is 13.1. The van der Waals surface area contributed by atoms with Crippen LogP contribution in [0.15, 0.2) is 30.3 Å². The van der Waals surface area contributed by atoms with Gasteiger partial charge in [0.2, 0.25) is 11.8 Å². The molecule has 1 aliphatic heterocycles. The highest BCUT2D eigenvalue weighted by Crippen LogP contribution is 2.26. The van der Waals surface area contributed by atoms with E-state index in [0.717, 1.165) is 5.56 Å². The van der Waals surface area contributed by atoms with Gasteiger partial charge < -0.3 is 5.73 Å². The maximum atomic E-state index is 12.1. The summed E-state index contributed by atoms with van der Waals surface area (Å²) < 4.78 is 0. The standard InChI is InChI=1S/C13H16N2O2S/c14-6-7-18-11-8-12(16)15(13(11)17)9-10-4-2-1-3-5-10/h1-5,11H,6-9,14H2. The maximum Gasteiger partial charge on any atom is 0.243 e. The molecule has 2 amide bonds. The van der Waals surface area contributed by atoms with E-state index in [-0.39, 0.29) is 17.1 Å². The quantitative estimate of drug-likeness (QED) is 0.806. The second kappa shape index (κ2) is 6.02. The van der Waals surface area contributed by atoms with E-state index < -0.39 is 0 Å². The summed E-state index contributed by atoms with van der Waals surface area (Å²) in [6.45, 7) is 0.902. The van der Waals surface area contributed by atoms with Crippen LogP contribution in [0.3, 0.4) is 0 Å². The summed E-state index contributed by atoms with van der Waals surface area (Å²) >= 11 is 1.47. The number of nitrogens with zero attached hydrogens (tertiary/aromatic N) is 1. The molecule has 0 spiro atoms. The van der Waals surface area contributed by atoms with Crippen LogP contribution < -0.4 is 5.73 Å². The number of likely N-dealkylation sites (tertiary alicyclic amines) is 1. The zero-order chi connectivity index (χ0) is 13.0. The Morgan fingerprint density at radius 2 is 2.00 bits per heavy atom. The molecule has 18 heavy (non-hydrogen) atoms. The van der Waals surface area contributed by atoms with E-state index in [1.807, 2.05) is 30.3 Å². The van der Waals surface area contributed by atoms with Crippen LogP contribution in [0.25, 0.3) is 0 Å². The van der Waals surface area contributed by atoms with E-state index in [9.17, 15) is 9.59 Å². The van der Waals surface area contributed by atoms with E-state index in [1.54, 1.807) is 0 Å².